The Labute approximate surface area is 186 Å². The van der Waals surface area contributed by atoms with Crippen LogP contribution in [0.15, 0.2) is 61.2 Å². The van der Waals surface area contributed by atoms with Crippen molar-refractivity contribution in [3.8, 4) is 5.75 Å². The number of ether oxygens (including phenoxy) is 1. The topological polar surface area (TPSA) is 61.9 Å². The molecule has 6 nitrogen and oxygen atoms in total. The van der Waals surface area contributed by atoms with Gasteiger partial charge in [0, 0.05) is 17.3 Å². The fraction of sp³-hybridized carbons (Fsp3) is 0.227. The lowest BCUT2D eigenvalue weighted by Gasteiger charge is -2.22. The molecular formula is C22H22ClN3O3S. The lowest BCUT2D eigenvalue weighted by atomic mass is 10.1. The maximum absolute atomic E-state index is 13.2. The first-order valence-electron chi connectivity index (χ1n) is 9.48. The minimum absolute atomic E-state index is 0.0488. The Hall–Kier alpha value is -2.90. The quantitative estimate of drug-likeness (QED) is 0.488. The molecule has 30 heavy (non-hydrogen) atoms. The summed E-state index contributed by atoms with van der Waals surface area (Å²) in [5, 5.41) is 3.63. The number of rotatable bonds is 8. The molecule has 1 atom stereocenters. The average Bonchev–Trinajstić information content (AvgIpc) is 2.93. The maximum Gasteiger partial charge on any atom is 0.256 e. The van der Waals surface area contributed by atoms with Crippen molar-refractivity contribution in [3.63, 3.8) is 0 Å². The van der Waals surface area contributed by atoms with Gasteiger partial charge in [-0.05, 0) is 61.6 Å². The van der Waals surface area contributed by atoms with Crippen molar-refractivity contribution in [2.75, 3.05) is 23.4 Å². The fourth-order valence-corrected chi connectivity index (χ4v) is 3.82. The Morgan fingerprint density at radius 3 is 2.67 bits per heavy atom. The minimum atomic E-state index is -0.721. The maximum atomic E-state index is 13.2. The number of amides is 2. The zero-order valence-corrected chi connectivity index (χ0v) is 18.1. The molecule has 0 aromatic heterocycles. The number of nitrogens with one attached hydrogen (secondary N) is 1. The molecule has 1 aliphatic heterocycles. The van der Waals surface area contributed by atoms with E-state index in [1.54, 1.807) is 59.5 Å². The highest BCUT2D eigenvalue weighted by Gasteiger charge is 2.43. The summed E-state index contributed by atoms with van der Waals surface area (Å²) in [6.45, 7) is 6.55. The van der Waals surface area contributed by atoms with E-state index in [4.69, 9.17) is 28.6 Å². The molecule has 156 valence electrons. The van der Waals surface area contributed by atoms with Crippen LogP contribution in [0.1, 0.15) is 13.3 Å². The van der Waals surface area contributed by atoms with Crippen LogP contribution in [0.4, 0.5) is 11.4 Å². The standard InChI is InChI=1S/C22H22ClN3O3S/c1-3-12-25-19(14-20(27)24-16-7-5-6-15(23)13-16)21(28)26(22(25)30)17-8-10-18(11-9-17)29-4-2/h3,5-11,13,19H,1,4,12,14H2,2H3,(H,24,27)/t19-/m1/s1. The van der Waals surface area contributed by atoms with E-state index in [0.29, 0.717) is 40.4 Å². The average molecular weight is 444 g/mol. The summed E-state index contributed by atoms with van der Waals surface area (Å²) in [4.78, 5) is 28.9. The summed E-state index contributed by atoms with van der Waals surface area (Å²) in [5.41, 5.74) is 1.19. The molecule has 8 heteroatoms. The highest BCUT2D eigenvalue weighted by molar-refractivity contribution is 7.80. The van der Waals surface area contributed by atoms with Crippen LogP contribution in [0.5, 0.6) is 5.75 Å². The number of hydrogen-bond acceptors (Lipinski definition) is 4. The Kier molecular flexibility index (Phi) is 7.07. The lowest BCUT2D eigenvalue weighted by molar-refractivity contribution is -0.124. The van der Waals surface area contributed by atoms with Crippen LogP contribution >= 0.6 is 23.8 Å². The van der Waals surface area contributed by atoms with Crippen molar-refractivity contribution in [1.29, 1.82) is 0 Å². The molecule has 3 rings (SSSR count). The molecule has 1 aliphatic rings. The molecule has 2 amide bonds. The zero-order chi connectivity index (χ0) is 21.7. The van der Waals surface area contributed by atoms with E-state index in [2.05, 4.69) is 11.9 Å². The van der Waals surface area contributed by atoms with Gasteiger partial charge in [-0.15, -0.1) is 6.58 Å². The summed E-state index contributed by atoms with van der Waals surface area (Å²) in [7, 11) is 0. The van der Waals surface area contributed by atoms with Gasteiger partial charge in [0.2, 0.25) is 5.91 Å². The third kappa shape index (κ3) is 4.80. The normalized spacial score (nSPS) is 16.0. The van der Waals surface area contributed by atoms with Gasteiger partial charge in [-0.2, -0.15) is 0 Å². The molecule has 0 bridgehead atoms. The van der Waals surface area contributed by atoms with Crippen molar-refractivity contribution >= 4 is 52.1 Å². The molecule has 1 saturated heterocycles. The first-order chi connectivity index (χ1) is 14.4. The molecule has 1 heterocycles. The van der Waals surface area contributed by atoms with E-state index in [0.717, 1.165) is 0 Å². The molecule has 2 aromatic carbocycles. The van der Waals surface area contributed by atoms with Gasteiger partial charge in [0.1, 0.15) is 11.8 Å². The molecule has 1 fully saturated rings. The van der Waals surface area contributed by atoms with Crippen LogP contribution in [0.3, 0.4) is 0 Å². The fourth-order valence-electron chi connectivity index (χ4n) is 3.23. The largest absolute Gasteiger partial charge is 0.494 e. The van der Waals surface area contributed by atoms with E-state index in [1.165, 1.54) is 4.90 Å². The SMILES string of the molecule is C=CCN1C(=S)N(c2ccc(OCC)cc2)C(=O)[C@H]1CC(=O)Nc1cccc(Cl)c1. The highest BCUT2D eigenvalue weighted by Crippen LogP contribution is 2.29. The van der Waals surface area contributed by atoms with Crippen molar-refractivity contribution in [1.82, 2.24) is 4.90 Å². The number of benzene rings is 2. The third-order valence-corrected chi connectivity index (χ3v) is 5.19. The van der Waals surface area contributed by atoms with Crippen molar-refractivity contribution in [2.24, 2.45) is 0 Å². The van der Waals surface area contributed by atoms with Gasteiger partial charge in [0.05, 0.1) is 18.7 Å². The van der Waals surface area contributed by atoms with Crippen LogP contribution in [-0.4, -0.2) is 41.0 Å². The lowest BCUT2D eigenvalue weighted by Crippen LogP contribution is -2.37. The molecule has 0 saturated carbocycles. The highest BCUT2D eigenvalue weighted by atomic mass is 35.5. The number of hydrogen-bond donors (Lipinski definition) is 1. The number of anilines is 2. The minimum Gasteiger partial charge on any atom is -0.494 e. The van der Waals surface area contributed by atoms with Crippen molar-refractivity contribution in [2.45, 2.75) is 19.4 Å². The van der Waals surface area contributed by atoms with Crippen LogP contribution in [-0.2, 0) is 9.59 Å². The second-order valence-corrected chi connectivity index (χ2v) is 7.40. The smallest absolute Gasteiger partial charge is 0.256 e. The van der Waals surface area contributed by atoms with Crippen molar-refractivity contribution in [3.05, 3.63) is 66.2 Å². The van der Waals surface area contributed by atoms with Gasteiger partial charge in [-0.1, -0.05) is 23.7 Å². The van der Waals surface area contributed by atoms with Crippen molar-refractivity contribution < 1.29 is 14.3 Å². The summed E-state index contributed by atoms with van der Waals surface area (Å²) < 4.78 is 5.45. The van der Waals surface area contributed by atoms with Gasteiger partial charge < -0.3 is 15.0 Å². The molecule has 2 aromatic rings. The Bertz CT molecular complexity index is 964. The Balaban J connectivity index is 1.79. The number of carbonyl (C=O) groups excluding carboxylic acids is 2. The molecule has 0 spiro atoms. The zero-order valence-electron chi connectivity index (χ0n) is 16.5. The predicted molar refractivity (Wildman–Crippen MR) is 123 cm³/mol. The van der Waals surface area contributed by atoms with E-state index < -0.39 is 6.04 Å². The molecule has 0 aliphatic carbocycles. The van der Waals surface area contributed by atoms with Gasteiger partial charge >= 0.3 is 0 Å². The number of nitrogens with zero attached hydrogens (tertiary/aromatic N) is 2. The summed E-state index contributed by atoms with van der Waals surface area (Å²) in [6.07, 6.45) is 1.61. The van der Waals surface area contributed by atoms with E-state index in [1.807, 2.05) is 6.92 Å². The monoisotopic (exact) mass is 443 g/mol. The first-order valence-corrected chi connectivity index (χ1v) is 10.3. The van der Waals surface area contributed by atoms with E-state index in [-0.39, 0.29) is 18.2 Å². The second kappa shape index (κ2) is 9.73. The number of thiocarbonyl (C=S) groups is 1. The van der Waals surface area contributed by atoms with Gasteiger partial charge in [-0.25, -0.2) is 0 Å². The first kappa shape index (κ1) is 21.8. The van der Waals surface area contributed by atoms with E-state index >= 15 is 0 Å². The van der Waals surface area contributed by atoms with Crippen LogP contribution in [0.2, 0.25) is 5.02 Å². The summed E-state index contributed by atoms with van der Waals surface area (Å²) in [5.74, 6) is 0.146. The van der Waals surface area contributed by atoms with Crippen LogP contribution < -0.4 is 15.0 Å². The van der Waals surface area contributed by atoms with Gasteiger partial charge in [0.15, 0.2) is 5.11 Å². The number of carbonyl (C=O) groups is 2. The Morgan fingerprint density at radius 2 is 2.03 bits per heavy atom. The predicted octanol–water partition coefficient (Wildman–Crippen LogP) is 4.26. The van der Waals surface area contributed by atoms with Crippen LogP contribution in [0.25, 0.3) is 0 Å². The summed E-state index contributed by atoms with van der Waals surface area (Å²) >= 11 is 11.5. The van der Waals surface area contributed by atoms with Gasteiger partial charge in [0.25, 0.3) is 5.91 Å². The number of halogens is 1. The molecule has 0 radical (unpaired) electrons. The second-order valence-electron chi connectivity index (χ2n) is 6.60. The van der Waals surface area contributed by atoms with Gasteiger partial charge in [-0.3, -0.25) is 14.5 Å². The molecule has 1 N–H and O–H groups in total. The van der Waals surface area contributed by atoms with E-state index in [9.17, 15) is 9.59 Å². The third-order valence-electron chi connectivity index (χ3n) is 4.54. The molecular weight excluding hydrogens is 422 g/mol. The van der Waals surface area contributed by atoms with Crippen LogP contribution in [0, 0.1) is 0 Å². The summed E-state index contributed by atoms with van der Waals surface area (Å²) in [6, 6.07) is 13.2. The Morgan fingerprint density at radius 1 is 1.30 bits per heavy atom. The molecule has 0 unspecified atom stereocenters.